The molecule has 0 radical (unpaired) electrons. The van der Waals surface area contributed by atoms with Crippen LogP contribution in [-0.4, -0.2) is 17.8 Å². The Bertz CT molecular complexity index is 439. The van der Waals surface area contributed by atoms with E-state index < -0.39 is 0 Å². The van der Waals surface area contributed by atoms with E-state index in [0.717, 1.165) is 0 Å². The van der Waals surface area contributed by atoms with Crippen molar-refractivity contribution in [2.45, 2.75) is 12.5 Å². The molecule has 1 unspecified atom stereocenters. The second-order valence-corrected chi connectivity index (χ2v) is 4.64. The van der Waals surface area contributed by atoms with Gasteiger partial charge >= 0.3 is 0 Å². The van der Waals surface area contributed by atoms with Crippen LogP contribution in [0.15, 0.2) is 41.1 Å². The molecule has 0 fully saturated rings. The minimum Gasteiger partial charge on any atom is -0.395 e. The Hall–Kier alpha value is -1.16. The molecule has 2 nitrogen and oxygen atoms in total. The number of benzene rings is 1. The van der Waals surface area contributed by atoms with Gasteiger partial charge in [-0.15, -0.1) is 0 Å². The first-order chi connectivity index (χ1) is 7.79. The molecule has 0 spiro atoms. The first-order valence-corrected chi connectivity index (χ1v) is 6.22. The molecule has 0 aliphatic rings. The summed E-state index contributed by atoms with van der Waals surface area (Å²) in [6.07, 6.45) is 0.717. The minimum atomic E-state index is -0.169. The van der Waals surface area contributed by atoms with Crippen LogP contribution >= 0.6 is 11.3 Å². The van der Waals surface area contributed by atoms with E-state index in [0.29, 0.717) is 6.42 Å². The molecule has 1 aromatic carbocycles. The maximum atomic E-state index is 8.93. The van der Waals surface area contributed by atoms with Crippen LogP contribution in [0.25, 0.3) is 11.1 Å². The highest BCUT2D eigenvalue weighted by atomic mass is 32.1. The van der Waals surface area contributed by atoms with Crippen LogP contribution in [0.3, 0.4) is 0 Å². The van der Waals surface area contributed by atoms with Gasteiger partial charge in [-0.3, -0.25) is 0 Å². The Morgan fingerprint density at radius 2 is 2.12 bits per heavy atom. The minimum absolute atomic E-state index is 0.0304. The second kappa shape index (κ2) is 5.25. The third-order valence-corrected chi connectivity index (χ3v) is 3.20. The molecule has 1 atom stereocenters. The van der Waals surface area contributed by atoms with Gasteiger partial charge in [0.05, 0.1) is 6.61 Å². The lowest BCUT2D eigenvalue weighted by atomic mass is 10.0. The zero-order chi connectivity index (χ0) is 11.4. The highest BCUT2D eigenvalue weighted by Crippen LogP contribution is 2.23. The van der Waals surface area contributed by atoms with Gasteiger partial charge in [-0.05, 0) is 39.9 Å². The number of rotatable bonds is 4. The summed E-state index contributed by atoms with van der Waals surface area (Å²) in [5.41, 5.74) is 9.35. The standard InChI is InChI=1S/C13H15NOS/c14-13(8-15)7-10-2-1-3-11(6-10)12-4-5-16-9-12/h1-6,9,13,15H,7-8,14H2. The first-order valence-electron chi connectivity index (χ1n) is 5.27. The lowest BCUT2D eigenvalue weighted by molar-refractivity contribution is 0.265. The number of hydrogen-bond acceptors (Lipinski definition) is 3. The molecule has 0 saturated carbocycles. The lowest BCUT2D eigenvalue weighted by Crippen LogP contribution is -2.26. The molecular weight excluding hydrogens is 218 g/mol. The van der Waals surface area contributed by atoms with Crippen molar-refractivity contribution in [1.82, 2.24) is 0 Å². The monoisotopic (exact) mass is 233 g/mol. The molecule has 0 bridgehead atoms. The number of nitrogens with two attached hydrogens (primary N) is 1. The van der Waals surface area contributed by atoms with E-state index in [2.05, 4.69) is 29.0 Å². The van der Waals surface area contributed by atoms with E-state index in [1.807, 2.05) is 12.1 Å². The predicted octanol–water partition coefficient (Wildman–Crippen LogP) is 2.28. The number of thiophene rings is 1. The average molecular weight is 233 g/mol. The Morgan fingerprint density at radius 1 is 1.25 bits per heavy atom. The Morgan fingerprint density at radius 3 is 2.81 bits per heavy atom. The van der Waals surface area contributed by atoms with Gasteiger partial charge in [-0.25, -0.2) is 0 Å². The van der Waals surface area contributed by atoms with Crippen LogP contribution in [-0.2, 0) is 6.42 Å². The highest BCUT2D eigenvalue weighted by molar-refractivity contribution is 7.08. The van der Waals surface area contributed by atoms with E-state index in [1.165, 1.54) is 16.7 Å². The fourth-order valence-corrected chi connectivity index (χ4v) is 2.34. The van der Waals surface area contributed by atoms with E-state index in [1.54, 1.807) is 11.3 Å². The molecule has 0 aliphatic heterocycles. The first kappa shape index (κ1) is 11.3. The topological polar surface area (TPSA) is 46.2 Å². The van der Waals surface area contributed by atoms with Crippen LogP contribution in [0.2, 0.25) is 0 Å². The fourth-order valence-electron chi connectivity index (χ4n) is 1.67. The molecule has 0 aliphatic carbocycles. The van der Waals surface area contributed by atoms with Crippen LogP contribution in [0, 0.1) is 0 Å². The number of hydrogen-bond donors (Lipinski definition) is 2. The molecule has 0 amide bonds. The van der Waals surface area contributed by atoms with Gasteiger partial charge < -0.3 is 10.8 Å². The van der Waals surface area contributed by atoms with Gasteiger partial charge in [-0.2, -0.15) is 11.3 Å². The van der Waals surface area contributed by atoms with Crippen molar-refractivity contribution < 1.29 is 5.11 Å². The Balaban J connectivity index is 2.20. The van der Waals surface area contributed by atoms with Gasteiger partial charge in [0.25, 0.3) is 0 Å². The lowest BCUT2D eigenvalue weighted by Gasteiger charge is -2.09. The molecule has 16 heavy (non-hydrogen) atoms. The summed E-state index contributed by atoms with van der Waals surface area (Å²) >= 11 is 1.69. The van der Waals surface area contributed by atoms with Gasteiger partial charge in [0.15, 0.2) is 0 Å². The van der Waals surface area contributed by atoms with Crippen LogP contribution in [0.4, 0.5) is 0 Å². The molecule has 1 aromatic heterocycles. The summed E-state index contributed by atoms with van der Waals surface area (Å²) < 4.78 is 0. The summed E-state index contributed by atoms with van der Waals surface area (Å²) in [6.45, 7) is 0.0304. The molecule has 2 rings (SSSR count). The van der Waals surface area contributed by atoms with E-state index >= 15 is 0 Å². The molecular formula is C13H15NOS. The van der Waals surface area contributed by atoms with Gasteiger partial charge in [-0.1, -0.05) is 24.3 Å². The molecule has 2 aromatic rings. The molecule has 3 N–H and O–H groups in total. The van der Waals surface area contributed by atoms with E-state index in [-0.39, 0.29) is 12.6 Å². The summed E-state index contributed by atoms with van der Waals surface area (Å²) in [6, 6.07) is 10.2. The van der Waals surface area contributed by atoms with Crippen molar-refractivity contribution in [1.29, 1.82) is 0 Å². The zero-order valence-corrected chi connectivity index (χ0v) is 9.78. The summed E-state index contributed by atoms with van der Waals surface area (Å²) in [5.74, 6) is 0. The predicted molar refractivity (Wildman–Crippen MR) is 68.5 cm³/mol. The number of aliphatic hydroxyl groups excluding tert-OH is 1. The van der Waals surface area contributed by atoms with E-state index in [9.17, 15) is 0 Å². The summed E-state index contributed by atoms with van der Waals surface area (Å²) in [7, 11) is 0. The average Bonchev–Trinajstić information content (AvgIpc) is 2.83. The molecule has 84 valence electrons. The fraction of sp³-hybridized carbons (Fsp3) is 0.231. The molecule has 3 heteroatoms. The largest absolute Gasteiger partial charge is 0.395 e. The van der Waals surface area contributed by atoms with Crippen molar-refractivity contribution in [3.63, 3.8) is 0 Å². The summed E-state index contributed by atoms with van der Waals surface area (Å²) in [4.78, 5) is 0. The van der Waals surface area contributed by atoms with Crippen LogP contribution in [0.5, 0.6) is 0 Å². The third kappa shape index (κ3) is 2.70. The number of aliphatic hydroxyl groups is 1. The second-order valence-electron chi connectivity index (χ2n) is 3.86. The zero-order valence-electron chi connectivity index (χ0n) is 8.97. The third-order valence-electron chi connectivity index (χ3n) is 2.51. The Kier molecular flexibility index (Phi) is 3.72. The van der Waals surface area contributed by atoms with Crippen molar-refractivity contribution in [3.8, 4) is 11.1 Å². The van der Waals surface area contributed by atoms with Crippen LogP contribution < -0.4 is 5.73 Å². The van der Waals surface area contributed by atoms with Crippen molar-refractivity contribution in [2.75, 3.05) is 6.61 Å². The van der Waals surface area contributed by atoms with Gasteiger partial charge in [0, 0.05) is 6.04 Å². The van der Waals surface area contributed by atoms with E-state index in [4.69, 9.17) is 10.8 Å². The smallest absolute Gasteiger partial charge is 0.0585 e. The normalized spacial score (nSPS) is 12.6. The summed E-state index contributed by atoms with van der Waals surface area (Å²) in [5, 5.41) is 13.1. The van der Waals surface area contributed by atoms with Crippen molar-refractivity contribution in [3.05, 3.63) is 46.7 Å². The molecule has 0 saturated heterocycles. The quantitative estimate of drug-likeness (QED) is 0.851. The maximum Gasteiger partial charge on any atom is 0.0585 e. The van der Waals surface area contributed by atoms with Gasteiger partial charge in [0.1, 0.15) is 0 Å². The van der Waals surface area contributed by atoms with Crippen molar-refractivity contribution >= 4 is 11.3 Å². The van der Waals surface area contributed by atoms with Gasteiger partial charge in [0.2, 0.25) is 0 Å². The Labute approximate surface area is 99.4 Å². The SMILES string of the molecule is NC(CO)Cc1cccc(-c2ccsc2)c1. The maximum absolute atomic E-state index is 8.93. The molecule has 1 heterocycles. The van der Waals surface area contributed by atoms with Crippen molar-refractivity contribution in [2.24, 2.45) is 5.73 Å². The highest BCUT2D eigenvalue weighted by Gasteiger charge is 2.04. The van der Waals surface area contributed by atoms with Crippen LogP contribution in [0.1, 0.15) is 5.56 Å².